The lowest BCUT2D eigenvalue weighted by Gasteiger charge is -2.07. The number of benzene rings is 1. The SMILES string of the molecule is COCc1cccc(NC(=O)CNC(=O)CN)c1. The van der Waals surface area contributed by atoms with Crippen molar-refractivity contribution >= 4 is 17.5 Å². The molecule has 0 saturated carbocycles. The quantitative estimate of drug-likeness (QED) is 0.655. The number of anilines is 1. The van der Waals surface area contributed by atoms with Gasteiger partial charge in [-0.3, -0.25) is 9.59 Å². The Hall–Kier alpha value is -1.92. The first-order chi connectivity index (χ1) is 8.65. The molecule has 1 aromatic carbocycles. The lowest BCUT2D eigenvalue weighted by Crippen LogP contribution is -2.36. The smallest absolute Gasteiger partial charge is 0.243 e. The summed E-state index contributed by atoms with van der Waals surface area (Å²) in [5, 5.41) is 5.06. The van der Waals surface area contributed by atoms with Crippen molar-refractivity contribution in [2.45, 2.75) is 6.61 Å². The first kappa shape index (κ1) is 14.1. The fraction of sp³-hybridized carbons (Fsp3) is 0.333. The molecule has 0 spiro atoms. The monoisotopic (exact) mass is 251 g/mol. The van der Waals surface area contributed by atoms with Crippen LogP contribution < -0.4 is 16.4 Å². The van der Waals surface area contributed by atoms with Crippen molar-refractivity contribution in [1.29, 1.82) is 0 Å². The van der Waals surface area contributed by atoms with E-state index in [1.807, 2.05) is 18.2 Å². The highest BCUT2D eigenvalue weighted by molar-refractivity contribution is 5.94. The van der Waals surface area contributed by atoms with Crippen molar-refractivity contribution in [1.82, 2.24) is 5.32 Å². The highest BCUT2D eigenvalue weighted by atomic mass is 16.5. The summed E-state index contributed by atoms with van der Waals surface area (Å²) in [6.07, 6.45) is 0. The van der Waals surface area contributed by atoms with Gasteiger partial charge in [0, 0.05) is 12.8 Å². The molecule has 0 saturated heterocycles. The van der Waals surface area contributed by atoms with E-state index in [-0.39, 0.29) is 24.9 Å². The van der Waals surface area contributed by atoms with Crippen LogP contribution in [-0.4, -0.2) is 32.0 Å². The summed E-state index contributed by atoms with van der Waals surface area (Å²) in [4.78, 5) is 22.4. The van der Waals surface area contributed by atoms with Gasteiger partial charge in [0.25, 0.3) is 0 Å². The standard InChI is InChI=1S/C12H17N3O3/c1-18-8-9-3-2-4-10(5-9)15-12(17)7-14-11(16)6-13/h2-5H,6-8,13H2,1H3,(H,14,16)(H,15,17). The van der Waals surface area contributed by atoms with Crippen LogP contribution >= 0.6 is 0 Å². The Labute approximate surface area is 105 Å². The minimum absolute atomic E-state index is 0.0927. The molecule has 2 amide bonds. The van der Waals surface area contributed by atoms with Crippen molar-refractivity contribution in [3.63, 3.8) is 0 Å². The molecule has 0 aliphatic heterocycles. The third-order valence-electron chi connectivity index (χ3n) is 2.15. The summed E-state index contributed by atoms with van der Waals surface area (Å²) in [7, 11) is 1.60. The maximum absolute atomic E-state index is 11.5. The van der Waals surface area contributed by atoms with Gasteiger partial charge in [-0.25, -0.2) is 0 Å². The number of nitrogens with one attached hydrogen (secondary N) is 2. The minimum Gasteiger partial charge on any atom is -0.380 e. The third kappa shape index (κ3) is 4.94. The average Bonchev–Trinajstić information content (AvgIpc) is 2.37. The zero-order chi connectivity index (χ0) is 13.4. The number of rotatable bonds is 6. The van der Waals surface area contributed by atoms with Crippen LogP contribution in [0.5, 0.6) is 0 Å². The van der Waals surface area contributed by atoms with Crippen molar-refractivity contribution in [2.24, 2.45) is 5.73 Å². The molecular weight excluding hydrogens is 234 g/mol. The van der Waals surface area contributed by atoms with Crippen LogP contribution in [-0.2, 0) is 20.9 Å². The number of hydrogen-bond acceptors (Lipinski definition) is 4. The highest BCUT2D eigenvalue weighted by Gasteiger charge is 2.04. The van der Waals surface area contributed by atoms with Gasteiger partial charge in [0.05, 0.1) is 19.7 Å². The molecule has 18 heavy (non-hydrogen) atoms. The fourth-order valence-electron chi connectivity index (χ4n) is 1.36. The first-order valence-corrected chi connectivity index (χ1v) is 5.50. The lowest BCUT2D eigenvalue weighted by molar-refractivity contribution is -0.123. The molecule has 0 bridgehead atoms. The molecule has 6 heteroatoms. The van der Waals surface area contributed by atoms with Crippen LogP contribution in [0.3, 0.4) is 0 Å². The number of carbonyl (C=O) groups is 2. The van der Waals surface area contributed by atoms with Gasteiger partial charge >= 0.3 is 0 Å². The van der Waals surface area contributed by atoms with E-state index in [9.17, 15) is 9.59 Å². The fourth-order valence-corrected chi connectivity index (χ4v) is 1.36. The molecule has 0 aliphatic carbocycles. The molecule has 0 aromatic heterocycles. The Bertz CT molecular complexity index is 421. The second kappa shape index (κ2) is 7.41. The average molecular weight is 251 g/mol. The van der Waals surface area contributed by atoms with Crippen LogP contribution in [0.25, 0.3) is 0 Å². The molecule has 0 fully saturated rings. The molecular formula is C12H17N3O3. The summed E-state index contributed by atoms with van der Waals surface area (Å²) >= 11 is 0. The predicted molar refractivity (Wildman–Crippen MR) is 67.8 cm³/mol. The minimum atomic E-state index is -0.363. The topological polar surface area (TPSA) is 93.5 Å². The second-order valence-corrected chi connectivity index (χ2v) is 3.66. The van der Waals surface area contributed by atoms with Crippen LogP contribution in [0.4, 0.5) is 5.69 Å². The molecule has 0 atom stereocenters. The molecule has 0 radical (unpaired) electrons. The molecule has 0 unspecified atom stereocenters. The Morgan fingerprint density at radius 2 is 2.11 bits per heavy atom. The highest BCUT2D eigenvalue weighted by Crippen LogP contribution is 2.11. The van der Waals surface area contributed by atoms with Crippen molar-refractivity contribution in [2.75, 3.05) is 25.5 Å². The molecule has 98 valence electrons. The first-order valence-electron chi connectivity index (χ1n) is 5.50. The van der Waals surface area contributed by atoms with E-state index >= 15 is 0 Å². The zero-order valence-electron chi connectivity index (χ0n) is 10.2. The zero-order valence-corrected chi connectivity index (χ0v) is 10.2. The van der Waals surface area contributed by atoms with Gasteiger partial charge in [-0.2, -0.15) is 0 Å². The van der Waals surface area contributed by atoms with Crippen molar-refractivity contribution in [3.8, 4) is 0 Å². The van der Waals surface area contributed by atoms with E-state index in [4.69, 9.17) is 10.5 Å². The number of amides is 2. The second-order valence-electron chi connectivity index (χ2n) is 3.66. The molecule has 1 aromatic rings. The number of nitrogens with two attached hydrogens (primary N) is 1. The summed E-state index contributed by atoms with van der Waals surface area (Å²) in [5.74, 6) is -0.662. The lowest BCUT2D eigenvalue weighted by atomic mass is 10.2. The Balaban J connectivity index is 2.48. The molecule has 0 heterocycles. The normalized spacial score (nSPS) is 9.89. The van der Waals surface area contributed by atoms with E-state index in [0.717, 1.165) is 5.56 Å². The Morgan fingerprint density at radius 3 is 2.78 bits per heavy atom. The molecule has 1 rings (SSSR count). The van der Waals surface area contributed by atoms with E-state index in [0.29, 0.717) is 12.3 Å². The molecule has 4 N–H and O–H groups in total. The van der Waals surface area contributed by atoms with Gasteiger partial charge in [-0.05, 0) is 17.7 Å². The number of ether oxygens (including phenoxy) is 1. The van der Waals surface area contributed by atoms with Crippen LogP contribution in [0.1, 0.15) is 5.56 Å². The van der Waals surface area contributed by atoms with E-state index < -0.39 is 0 Å². The van der Waals surface area contributed by atoms with E-state index in [1.54, 1.807) is 13.2 Å². The summed E-state index contributed by atoms with van der Waals surface area (Å²) in [5.41, 5.74) is 6.73. The van der Waals surface area contributed by atoms with E-state index in [1.165, 1.54) is 0 Å². The van der Waals surface area contributed by atoms with Crippen LogP contribution in [0.2, 0.25) is 0 Å². The molecule has 6 nitrogen and oxygen atoms in total. The van der Waals surface area contributed by atoms with Crippen LogP contribution in [0.15, 0.2) is 24.3 Å². The largest absolute Gasteiger partial charge is 0.380 e. The van der Waals surface area contributed by atoms with Gasteiger partial charge in [0.2, 0.25) is 11.8 Å². The maximum Gasteiger partial charge on any atom is 0.243 e. The Kier molecular flexibility index (Phi) is 5.83. The van der Waals surface area contributed by atoms with Crippen LogP contribution in [0, 0.1) is 0 Å². The molecule has 0 aliphatic rings. The predicted octanol–water partition coefficient (Wildman–Crippen LogP) is -0.154. The van der Waals surface area contributed by atoms with Gasteiger partial charge in [-0.15, -0.1) is 0 Å². The van der Waals surface area contributed by atoms with Gasteiger partial charge < -0.3 is 21.1 Å². The van der Waals surface area contributed by atoms with Gasteiger partial charge in [0.1, 0.15) is 0 Å². The Morgan fingerprint density at radius 1 is 1.33 bits per heavy atom. The summed E-state index contributed by atoms with van der Waals surface area (Å²) < 4.78 is 5.00. The summed E-state index contributed by atoms with van der Waals surface area (Å²) in [6.45, 7) is 0.259. The van der Waals surface area contributed by atoms with Crippen molar-refractivity contribution < 1.29 is 14.3 Å². The van der Waals surface area contributed by atoms with Crippen molar-refractivity contribution in [3.05, 3.63) is 29.8 Å². The van der Waals surface area contributed by atoms with Gasteiger partial charge in [-0.1, -0.05) is 12.1 Å². The summed E-state index contributed by atoms with van der Waals surface area (Å²) in [6, 6.07) is 7.30. The van der Waals surface area contributed by atoms with E-state index in [2.05, 4.69) is 10.6 Å². The number of hydrogen-bond donors (Lipinski definition) is 3. The third-order valence-corrected chi connectivity index (χ3v) is 2.15. The number of carbonyl (C=O) groups excluding carboxylic acids is 2. The maximum atomic E-state index is 11.5. The number of methoxy groups -OCH3 is 1. The van der Waals surface area contributed by atoms with Gasteiger partial charge in [0.15, 0.2) is 0 Å².